The fourth-order valence-corrected chi connectivity index (χ4v) is 4.18. The molecule has 3 nitrogen and oxygen atoms in total. The molecule has 0 saturated carbocycles. The molecule has 120 valence electrons. The normalized spacial score (nSPS) is 13.1. The van der Waals surface area contributed by atoms with E-state index in [2.05, 4.69) is 72.5 Å². The van der Waals surface area contributed by atoms with Crippen LogP contribution in [0.5, 0.6) is 0 Å². The van der Waals surface area contributed by atoms with Crippen molar-refractivity contribution in [1.82, 2.24) is 10.3 Å². The highest BCUT2D eigenvalue weighted by Gasteiger charge is 2.11. The monoisotopic (exact) mass is 560 g/mol. The first-order valence-electron chi connectivity index (χ1n) is 6.97. The molecule has 2 atom stereocenters. The highest BCUT2D eigenvalue weighted by Crippen LogP contribution is 2.64. The summed E-state index contributed by atoms with van der Waals surface area (Å²) in [5.74, 6) is 3.68. The van der Waals surface area contributed by atoms with Crippen molar-refractivity contribution in [2.24, 2.45) is 5.92 Å². The van der Waals surface area contributed by atoms with Crippen molar-refractivity contribution in [2.75, 3.05) is 0 Å². The number of halogens is 2. The number of carbonyl (C=O) groups excluding carboxylic acids is 1. The summed E-state index contributed by atoms with van der Waals surface area (Å²) in [7, 11) is 0. The standard InChI is InChI=1S/C15H19I2N2OPS/c1-12(6-5-11-22-21(16)17)8-9-13(2)19-15(20)14-7-3-4-10-18-14/h3-4,7,10,12-13H,6,8-9H2,1-2H3,(H,19,20). The van der Waals surface area contributed by atoms with E-state index in [0.29, 0.717) is 11.6 Å². The molecule has 22 heavy (non-hydrogen) atoms. The first-order valence-corrected chi connectivity index (χ1v) is 15.3. The van der Waals surface area contributed by atoms with Crippen LogP contribution in [0.3, 0.4) is 0 Å². The molecule has 0 aromatic carbocycles. The second-order valence-corrected chi connectivity index (χ2v) is 22.7. The molecule has 0 aliphatic rings. The van der Waals surface area contributed by atoms with Crippen LogP contribution in [-0.2, 0) is 0 Å². The van der Waals surface area contributed by atoms with Gasteiger partial charge in [0.25, 0.3) is 5.91 Å². The van der Waals surface area contributed by atoms with Crippen LogP contribution in [0.15, 0.2) is 24.4 Å². The molecule has 0 bridgehead atoms. The van der Waals surface area contributed by atoms with Crippen molar-refractivity contribution < 1.29 is 4.79 Å². The van der Waals surface area contributed by atoms with Crippen molar-refractivity contribution in [1.29, 1.82) is 0 Å². The quantitative estimate of drug-likeness (QED) is 0.261. The van der Waals surface area contributed by atoms with Crippen LogP contribution in [0.2, 0.25) is 0 Å². The fourth-order valence-electron chi connectivity index (χ4n) is 1.79. The van der Waals surface area contributed by atoms with Crippen LogP contribution in [0.4, 0.5) is 0 Å². The van der Waals surface area contributed by atoms with Crippen molar-refractivity contribution >= 4 is 63.8 Å². The summed E-state index contributed by atoms with van der Waals surface area (Å²) >= 11 is 6.53. The Balaban J connectivity index is 2.26. The molecule has 0 radical (unpaired) electrons. The average Bonchev–Trinajstić information content (AvgIpc) is 2.50. The molecule has 0 fully saturated rings. The maximum atomic E-state index is 12.0. The minimum absolute atomic E-state index is 0.0521. The van der Waals surface area contributed by atoms with Crippen LogP contribution in [0.25, 0.3) is 0 Å². The molecule has 1 N–H and O–H groups in total. The van der Waals surface area contributed by atoms with Crippen molar-refractivity contribution in [3.63, 3.8) is 0 Å². The summed E-state index contributed by atoms with van der Waals surface area (Å²) in [6.45, 7) is 4.25. The van der Waals surface area contributed by atoms with Gasteiger partial charge in [0.1, 0.15) is 5.69 Å². The lowest BCUT2D eigenvalue weighted by Crippen LogP contribution is -2.33. The van der Waals surface area contributed by atoms with E-state index in [9.17, 15) is 4.79 Å². The average molecular weight is 560 g/mol. The molecule has 1 aromatic rings. The number of pyridine rings is 1. The minimum Gasteiger partial charge on any atom is -0.348 e. The predicted molar refractivity (Wildman–Crippen MR) is 115 cm³/mol. The van der Waals surface area contributed by atoms with E-state index >= 15 is 0 Å². The van der Waals surface area contributed by atoms with Crippen LogP contribution in [0.1, 0.15) is 43.6 Å². The van der Waals surface area contributed by atoms with E-state index in [0.717, 1.165) is 19.3 Å². The molecule has 1 amide bonds. The Bertz CT molecular complexity index is 519. The fraction of sp³-hybridized carbons (Fsp3) is 0.467. The number of carbonyl (C=O) groups is 1. The zero-order chi connectivity index (χ0) is 16.4. The van der Waals surface area contributed by atoms with Crippen molar-refractivity contribution in [2.45, 2.75) is 39.2 Å². The second kappa shape index (κ2) is 11.9. The minimum atomic E-state index is -0.102. The third-order valence-electron chi connectivity index (χ3n) is 3.00. The summed E-state index contributed by atoms with van der Waals surface area (Å²) in [6, 6.07) is 5.51. The number of nitrogens with one attached hydrogen (secondary N) is 1. The van der Waals surface area contributed by atoms with Gasteiger partial charge >= 0.3 is 0 Å². The van der Waals surface area contributed by atoms with Gasteiger partial charge < -0.3 is 5.32 Å². The Kier molecular flexibility index (Phi) is 11.1. The topological polar surface area (TPSA) is 42.0 Å². The number of nitrogens with zero attached hydrogens (tertiary/aromatic N) is 1. The van der Waals surface area contributed by atoms with Gasteiger partial charge in [0.05, 0.1) is 2.41 Å². The van der Waals surface area contributed by atoms with Gasteiger partial charge in [-0.3, -0.25) is 9.78 Å². The third-order valence-corrected chi connectivity index (χ3v) is 7.61. The second-order valence-electron chi connectivity index (χ2n) is 5.05. The molecule has 0 saturated heterocycles. The highest BCUT2D eigenvalue weighted by atomic mass is 127. The van der Waals surface area contributed by atoms with Gasteiger partial charge in [-0.05, 0) is 98.5 Å². The molecule has 7 heteroatoms. The lowest BCUT2D eigenvalue weighted by molar-refractivity contribution is 0.0932. The number of aromatic nitrogens is 1. The van der Waals surface area contributed by atoms with E-state index < -0.39 is 0 Å². The van der Waals surface area contributed by atoms with E-state index in [-0.39, 0.29) is 14.4 Å². The smallest absolute Gasteiger partial charge is 0.270 e. The molecule has 0 aliphatic carbocycles. The number of hydrogen-bond donors (Lipinski definition) is 1. The Morgan fingerprint density at radius 1 is 1.41 bits per heavy atom. The number of hydrogen-bond acceptors (Lipinski definition) is 3. The first kappa shape index (κ1) is 20.5. The zero-order valence-electron chi connectivity index (χ0n) is 12.6. The summed E-state index contributed by atoms with van der Waals surface area (Å²) in [4.78, 5) is 16.0. The summed E-state index contributed by atoms with van der Waals surface area (Å²) in [5.41, 5.74) is 0.472. The molecule has 1 heterocycles. The lowest BCUT2D eigenvalue weighted by Gasteiger charge is -2.15. The van der Waals surface area contributed by atoms with Gasteiger partial charge in [0, 0.05) is 18.7 Å². The molecule has 0 spiro atoms. The van der Waals surface area contributed by atoms with Gasteiger partial charge in [0.2, 0.25) is 0 Å². The Hall–Kier alpha value is 0.420. The van der Waals surface area contributed by atoms with Crippen LogP contribution < -0.4 is 5.32 Å². The van der Waals surface area contributed by atoms with Crippen LogP contribution >= 0.6 is 57.9 Å². The van der Waals surface area contributed by atoms with Gasteiger partial charge in [-0.1, -0.05) is 18.9 Å². The highest BCUT2D eigenvalue weighted by molar-refractivity contribution is 14.3. The summed E-state index contributed by atoms with van der Waals surface area (Å²) < 4.78 is -0.0521. The van der Waals surface area contributed by atoms with Gasteiger partial charge in [-0.2, -0.15) is 0 Å². The lowest BCUT2D eigenvalue weighted by atomic mass is 9.99. The molecule has 2 unspecified atom stereocenters. The predicted octanol–water partition coefficient (Wildman–Crippen LogP) is 5.80. The van der Waals surface area contributed by atoms with E-state index in [1.807, 2.05) is 13.0 Å². The van der Waals surface area contributed by atoms with Crippen molar-refractivity contribution in [3.8, 4) is 11.2 Å². The largest absolute Gasteiger partial charge is 0.348 e. The Labute approximate surface area is 164 Å². The van der Waals surface area contributed by atoms with Crippen molar-refractivity contribution in [3.05, 3.63) is 30.1 Å². The Morgan fingerprint density at radius 3 is 2.82 bits per heavy atom. The van der Waals surface area contributed by atoms with E-state index in [1.165, 1.54) is 0 Å². The summed E-state index contributed by atoms with van der Waals surface area (Å²) in [6.07, 6.45) is 4.58. The van der Waals surface area contributed by atoms with Gasteiger partial charge in [-0.15, -0.1) is 0 Å². The maximum Gasteiger partial charge on any atom is 0.270 e. The molecular formula is C15H19I2N2OPS. The number of amides is 1. The van der Waals surface area contributed by atoms with Crippen LogP contribution in [0, 0.1) is 17.1 Å². The molecular weight excluding hydrogens is 541 g/mol. The SMILES string of the molecule is CC(CC#CSP(I)I)CCC(C)NC(=O)c1ccccn1. The van der Waals surface area contributed by atoms with E-state index in [1.54, 1.807) is 29.7 Å². The number of rotatable bonds is 7. The first-order chi connectivity index (χ1) is 10.5. The zero-order valence-corrected chi connectivity index (χ0v) is 18.6. The molecule has 1 aromatic heterocycles. The van der Waals surface area contributed by atoms with Gasteiger partial charge in [0.15, 0.2) is 0 Å². The summed E-state index contributed by atoms with van der Waals surface area (Å²) in [5, 5.41) is 6.15. The molecule has 1 rings (SSSR count). The Morgan fingerprint density at radius 2 is 2.18 bits per heavy atom. The van der Waals surface area contributed by atoms with Crippen LogP contribution in [-0.4, -0.2) is 16.9 Å². The third kappa shape index (κ3) is 9.53. The van der Waals surface area contributed by atoms with E-state index in [4.69, 9.17) is 0 Å². The van der Waals surface area contributed by atoms with Gasteiger partial charge in [-0.25, -0.2) is 0 Å². The maximum absolute atomic E-state index is 12.0. The molecule has 0 aliphatic heterocycles.